The molecule has 0 saturated carbocycles. The highest BCUT2D eigenvalue weighted by atomic mass is 16.3. The van der Waals surface area contributed by atoms with Crippen molar-refractivity contribution >= 4 is 0 Å². The van der Waals surface area contributed by atoms with Gasteiger partial charge in [-0.1, -0.05) is 6.58 Å². The maximum atomic E-state index is 8.52. The van der Waals surface area contributed by atoms with Crippen LogP contribution < -0.4 is 0 Å². The van der Waals surface area contributed by atoms with Crippen LogP contribution in [0.4, 0.5) is 0 Å². The summed E-state index contributed by atoms with van der Waals surface area (Å²) in [5, 5.41) is 8.52. The van der Waals surface area contributed by atoms with E-state index in [1.54, 1.807) is 0 Å². The van der Waals surface area contributed by atoms with Crippen molar-refractivity contribution in [3.05, 3.63) is 12.3 Å². The summed E-state index contributed by atoms with van der Waals surface area (Å²) >= 11 is 0. The number of unbranched alkanes of at least 4 members (excludes halogenated alkanes) is 1. The molecule has 0 amide bonds. The maximum absolute atomic E-state index is 8.52. The van der Waals surface area contributed by atoms with E-state index in [4.69, 9.17) is 11.5 Å². The molecule has 0 saturated heterocycles. The molecule has 44 valence electrons. The summed E-state index contributed by atoms with van der Waals surface area (Å²) in [7, 11) is 0. The molecule has 0 unspecified atom stereocenters. The molecule has 0 spiro atoms. The molecular formula is C7H10O. The average Bonchev–Trinajstić information content (AvgIpc) is 1.66. The van der Waals surface area contributed by atoms with Gasteiger partial charge in [0.15, 0.2) is 0 Å². The summed E-state index contributed by atoms with van der Waals surface area (Å²) in [5.41, 5.74) is 0. The lowest BCUT2D eigenvalue weighted by Gasteiger charge is -1.90. The highest BCUT2D eigenvalue weighted by Gasteiger charge is 1.85. The largest absolute Gasteiger partial charge is 0.513 e. The molecule has 0 aromatic rings. The number of hydrogen-bond acceptors (Lipinski definition) is 1. The SMILES string of the molecule is C#CCCCC(=C)O. The molecule has 1 heteroatoms. The van der Waals surface area contributed by atoms with Gasteiger partial charge in [0, 0.05) is 12.8 Å². The van der Waals surface area contributed by atoms with Gasteiger partial charge in [0.2, 0.25) is 0 Å². The Morgan fingerprint density at radius 1 is 1.75 bits per heavy atom. The maximum Gasteiger partial charge on any atom is 0.0851 e. The quantitative estimate of drug-likeness (QED) is 0.334. The van der Waals surface area contributed by atoms with Gasteiger partial charge in [-0.2, -0.15) is 0 Å². The normalized spacial score (nSPS) is 7.88. The van der Waals surface area contributed by atoms with Crippen LogP contribution in [0.15, 0.2) is 12.3 Å². The minimum absolute atomic E-state index is 0.222. The van der Waals surface area contributed by atoms with Gasteiger partial charge in [0.25, 0.3) is 0 Å². The molecule has 0 radical (unpaired) electrons. The molecular weight excluding hydrogens is 100 g/mol. The lowest BCUT2D eigenvalue weighted by atomic mass is 10.2. The molecule has 1 nitrogen and oxygen atoms in total. The van der Waals surface area contributed by atoms with Gasteiger partial charge in [-0.05, 0) is 6.42 Å². The standard InChI is InChI=1S/C7H10O/c1-3-4-5-6-7(2)8/h1,8H,2,4-6H2. The first-order chi connectivity index (χ1) is 3.77. The van der Waals surface area contributed by atoms with Crippen LogP contribution in [0.1, 0.15) is 19.3 Å². The van der Waals surface area contributed by atoms with Gasteiger partial charge < -0.3 is 5.11 Å². The second kappa shape index (κ2) is 4.26. The number of allylic oxidation sites excluding steroid dienone is 1. The highest BCUT2D eigenvalue weighted by molar-refractivity contribution is 4.86. The fourth-order valence-electron chi connectivity index (χ4n) is 0.395. The number of aliphatic hydroxyl groups excluding tert-OH is 1. The van der Waals surface area contributed by atoms with E-state index >= 15 is 0 Å². The van der Waals surface area contributed by atoms with Gasteiger partial charge in [-0.25, -0.2) is 0 Å². The summed E-state index contributed by atoms with van der Waals surface area (Å²) in [4.78, 5) is 0. The van der Waals surface area contributed by atoms with Crippen LogP contribution in [-0.2, 0) is 0 Å². The lowest BCUT2D eigenvalue weighted by Crippen LogP contribution is -1.76. The summed E-state index contributed by atoms with van der Waals surface area (Å²) < 4.78 is 0. The van der Waals surface area contributed by atoms with Crippen molar-refractivity contribution in [1.29, 1.82) is 0 Å². The van der Waals surface area contributed by atoms with Gasteiger partial charge in [0.1, 0.15) is 0 Å². The first-order valence-electron chi connectivity index (χ1n) is 2.57. The van der Waals surface area contributed by atoms with Crippen molar-refractivity contribution in [3.63, 3.8) is 0 Å². The third-order valence-electron chi connectivity index (χ3n) is 0.786. The molecule has 8 heavy (non-hydrogen) atoms. The molecule has 0 aliphatic rings. The smallest absolute Gasteiger partial charge is 0.0851 e. The number of hydrogen-bond donors (Lipinski definition) is 1. The van der Waals surface area contributed by atoms with Gasteiger partial charge in [0.05, 0.1) is 5.76 Å². The average molecular weight is 110 g/mol. The first kappa shape index (κ1) is 7.10. The monoisotopic (exact) mass is 110 g/mol. The first-order valence-corrected chi connectivity index (χ1v) is 2.57. The molecule has 0 fully saturated rings. The summed E-state index contributed by atoms with van der Waals surface area (Å²) in [6.07, 6.45) is 7.14. The fourth-order valence-corrected chi connectivity index (χ4v) is 0.395. The second-order valence-corrected chi connectivity index (χ2v) is 1.62. The molecule has 1 N–H and O–H groups in total. The van der Waals surface area contributed by atoms with Crippen LogP contribution in [0.25, 0.3) is 0 Å². The Labute approximate surface area is 50.0 Å². The van der Waals surface area contributed by atoms with Crippen molar-refractivity contribution in [2.45, 2.75) is 19.3 Å². The van der Waals surface area contributed by atoms with Crippen LogP contribution in [0, 0.1) is 12.3 Å². The Morgan fingerprint density at radius 2 is 2.38 bits per heavy atom. The summed E-state index contributed by atoms with van der Waals surface area (Å²) in [6, 6.07) is 0. The molecule has 0 rings (SSSR count). The van der Waals surface area contributed by atoms with E-state index < -0.39 is 0 Å². The second-order valence-electron chi connectivity index (χ2n) is 1.62. The van der Waals surface area contributed by atoms with Crippen LogP contribution in [0.5, 0.6) is 0 Å². The van der Waals surface area contributed by atoms with E-state index in [2.05, 4.69) is 12.5 Å². The number of terminal acetylenes is 1. The minimum atomic E-state index is 0.222. The fraction of sp³-hybridized carbons (Fsp3) is 0.429. The Hall–Kier alpha value is -0.900. The molecule has 0 atom stereocenters. The predicted octanol–water partition coefficient (Wildman–Crippen LogP) is 1.86. The molecule has 0 aliphatic carbocycles. The van der Waals surface area contributed by atoms with Crippen LogP contribution in [-0.4, -0.2) is 5.11 Å². The minimum Gasteiger partial charge on any atom is -0.513 e. The summed E-state index contributed by atoms with van der Waals surface area (Å²) in [5.74, 6) is 2.69. The van der Waals surface area contributed by atoms with E-state index in [-0.39, 0.29) is 5.76 Å². The van der Waals surface area contributed by atoms with Crippen molar-refractivity contribution in [2.24, 2.45) is 0 Å². The van der Waals surface area contributed by atoms with Crippen LogP contribution in [0.2, 0.25) is 0 Å². The zero-order valence-electron chi connectivity index (χ0n) is 4.85. The lowest BCUT2D eigenvalue weighted by molar-refractivity contribution is 0.388. The van der Waals surface area contributed by atoms with Crippen molar-refractivity contribution in [3.8, 4) is 12.3 Å². The van der Waals surface area contributed by atoms with Crippen LogP contribution in [0.3, 0.4) is 0 Å². The van der Waals surface area contributed by atoms with E-state index in [1.165, 1.54) is 0 Å². The molecule has 0 aliphatic heterocycles. The van der Waals surface area contributed by atoms with Crippen molar-refractivity contribution in [1.82, 2.24) is 0 Å². The third kappa shape index (κ3) is 5.10. The number of aliphatic hydroxyl groups is 1. The topological polar surface area (TPSA) is 20.2 Å². The molecule has 0 aromatic heterocycles. The third-order valence-corrected chi connectivity index (χ3v) is 0.786. The zero-order chi connectivity index (χ0) is 6.41. The predicted molar refractivity (Wildman–Crippen MR) is 34.5 cm³/mol. The van der Waals surface area contributed by atoms with E-state index in [0.717, 1.165) is 12.8 Å². The van der Waals surface area contributed by atoms with Gasteiger partial charge >= 0.3 is 0 Å². The van der Waals surface area contributed by atoms with E-state index in [1.807, 2.05) is 0 Å². The molecule has 0 heterocycles. The Balaban J connectivity index is 2.97. The van der Waals surface area contributed by atoms with Crippen molar-refractivity contribution in [2.75, 3.05) is 0 Å². The Kier molecular flexibility index (Phi) is 3.78. The highest BCUT2D eigenvalue weighted by Crippen LogP contribution is 1.99. The molecule has 0 aromatic carbocycles. The van der Waals surface area contributed by atoms with Gasteiger partial charge in [-0.15, -0.1) is 12.3 Å². The Morgan fingerprint density at radius 3 is 2.75 bits per heavy atom. The molecule has 0 bridgehead atoms. The summed E-state index contributed by atoms with van der Waals surface area (Å²) in [6.45, 7) is 3.31. The van der Waals surface area contributed by atoms with Gasteiger partial charge in [-0.3, -0.25) is 0 Å². The van der Waals surface area contributed by atoms with Crippen LogP contribution >= 0.6 is 0 Å². The van der Waals surface area contributed by atoms with Crippen molar-refractivity contribution < 1.29 is 5.11 Å². The van der Waals surface area contributed by atoms with E-state index in [0.29, 0.717) is 6.42 Å². The zero-order valence-corrected chi connectivity index (χ0v) is 4.85. The van der Waals surface area contributed by atoms with E-state index in [9.17, 15) is 0 Å². The number of rotatable bonds is 3. The Bertz CT molecular complexity index is 108.